The molecule has 1 aromatic rings. The van der Waals surface area contributed by atoms with Crippen LogP contribution in [0.25, 0.3) is 0 Å². The first kappa shape index (κ1) is 17.4. The van der Waals surface area contributed by atoms with Gasteiger partial charge in [-0.25, -0.2) is 0 Å². The number of hydrogen-bond acceptors (Lipinski definition) is 4. The first-order valence-corrected chi connectivity index (χ1v) is 9.15. The van der Waals surface area contributed by atoms with Crippen molar-refractivity contribution in [3.05, 3.63) is 29.3 Å². The summed E-state index contributed by atoms with van der Waals surface area (Å²) in [5.41, 5.74) is 2.61. The lowest BCUT2D eigenvalue weighted by Crippen LogP contribution is -2.19. The monoisotopic (exact) mass is 313 g/mol. The molecule has 1 rings (SSSR count). The van der Waals surface area contributed by atoms with E-state index in [0.717, 1.165) is 23.2 Å². The van der Waals surface area contributed by atoms with Crippen LogP contribution in [0.1, 0.15) is 37.8 Å². The van der Waals surface area contributed by atoms with Gasteiger partial charge in [-0.1, -0.05) is 27.7 Å². The summed E-state index contributed by atoms with van der Waals surface area (Å²) < 4.78 is 0.0968. The fraction of sp³-hybridized carbons (Fsp3) is 0.533. The molecule has 112 valence electrons. The van der Waals surface area contributed by atoms with E-state index >= 15 is 0 Å². The molecule has 0 radical (unpaired) electrons. The van der Waals surface area contributed by atoms with Crippen LogP contribution in [0, 0.1) is 6.92 Å². The number of carbonyl (C=O) groups excluding carboxylic acids is 1. The third kappa shape index (κ3) is 6.20. The minimum absolute atomic E-state index is 0.0120. The molecule has 0 saturated heterocycles. The van der Waals surface area contributed by atoms with E-state index in [2.05, 4.69) is 25.4 Å². The molecule has 5 heteroatoms. The van der Waals surface area contributed by atoms with E-state index in [1.165, 1.54) is 0 Å². The van der Waals surface area contributed by atoms with Crippen LogP contribution in [0.2, 0.25) is 0 Å². The summed E-state index contributed by atoms with van der Waals surface area (Å²) in [5, 5.41) is 12.1. The number of aliphatic hydroxyl groups excluding tert-OH is 1. The Morgan fingerprint density at radius 2 is 2.05 bits per heavy atom. The Morgan fingerprint density at radius 3 is 2.65 bits per heavy atom. The fourth-order valence-electron chi connectivity index (χ4n) is 1.93. The topological polar surface area (TPSA) is 49.3 Å². The van der Waals surface area contributed by atoms with Gasteiger partial charge in [0, 0.05) is 16.9 Å². The van der Waals surface area contributed by atoms with Crippen molar-refractivity contribution in [2.45, 2.75) is 45.0 Å². The van der Waals surface area contributed by atoms with Crippen LogP contribution in [0.3, 0.4) is 0 Å². The maximum Gasteiger partial charge on any atom is 0.224 e. The first-order chi connectivity index (χ1) is 9.36. The van der Waals surface area contributed by atoms with E-state index in [1.807, 2.05) is 25.1 Å². The minimum atomic E-state index is -0.0120. The molecule has 0 aliphatic carbocycles. The lowest BCUT2D eigenvalue weighted by Gasteiger charge is -2.21. The third-order valence-corrected chi connectivity index (χ3v) is 5.54. The fourth-order valence-corrected chi connectivity index (χ4v) is 4.17. The van der Waals surface area contributed by atoms with Crippen LogP contribution in [-0.2, 0) is 11.4 Å². The quantitative estimate of drug-likeness (QED) is 0.747. The zero-order chi connectivity index (χ0) is 15.2. The van der Waals surface area contributed by atoms with Crippen molar-refractivity contribution >= 4 is 33.2 Å². The lowest BCUT2D eigenvalue weighted by molar-refractivity contribution is -0.116. The first-order valence-electron chi connectivity index (χ1n) is 6.59. The van der Waals surface area contributed by atoms with Gasteiger partial charge in [-0.2, -0.15) is 0 Å². The SMILES string of the molecule is CSSC(C)(C)CCC(=O)Nc1cc(C)cc(CO)c1. The summed E-state index contributed by atoms with van der Waals surface area (Å²) >= 11 is 0. The molecule has 0 spiro atoms. The predicted octanol–water partition coefficient (Wildman–Crippen LogP) is 4.00. The second-order valence-corrected chi connectivity index (χ2v) is 8.53. The molecule has 0 saturated carbocycles. The molecule has 0 atom stereocenters. The molecule has 0 aromatic heterocycles. The average molecular weight is 313 g/mol. The zero-order valence-electron chi connectivity index (χ0n) is 12.5. The number of rotatable bonds is 7. The predicted molar refractivity (Wildman–Crippen MR) is 90.2 cm³/mol. The van der Waals surface area contributed by atoms with Crippen LogP contribution < -0.4 is 5.32 Å². The van der Waals surface area contributed by atoms with Crippen molar-refractivity contribution in [1.82, 2.24) is 0 Å². The Hall–Kier alpha value is -0.650. The molecule has 2 N–H and O–H groups in total. The summed E-state index contributed by atoms with van der Waals surface area (Å²) in [6.07, 6.45) is 3.39. The van der Waals surface area contributed by atoms with Crippen LogP contribution >= 0.6 is 21.6 Å². The summed E-state index contributed by atoms with van der Waals surface area (Å²) in [6, 6.07) is 5.64. The Bertz CT molecular complexity index is 461. The summed E-state index contributed by atoms with van der Waals surface area (Å²) in [5.74, 6) is 0.0225. The number of anilines is 1. The van der Waals surface area contributed by atoms with Crippen molar-refractivity contribution in [3.8, 4) is 0 Å². The van der Waals surface area contributed by atoms with Gasteiger partial charge in [0.25, 0.3) is 0 Å². The average Bonchev–Trinajstić information content (AvgIpc) is 2.35. The molecular weight excluding hydrogens is 290 g/mol. The molecule has 0 aliphatic heterocycles. The van der Waals surface area contributed by atoms with E-state index < -0.39 is 0 Å². The van der Waals surface area contributed by atoms with Crippen LogP contribution in [0.15, 0.2) is 18.2 Å². The van der Waals surface area contributed by atoms with Gasteiger partial charge in [-0.15, -0.1) is 0 Å². The maximum absolute atomic E-state index is 12.0. The van der Waals surface area contributed by atoms with E-state index in [0.29, 0.717) is 6.42 Å². The van der Waals surface area contributed by atoms with Gasteiger partial charge in [0.05, 0.1) is 6.61 Å². The molecule has 3 nitrogen and oxygen atoms in total. The van der Waals surface area contributed by atoms with Gasteiger partial charge in [0.15, 0.2) is 0 Å². The van der Waals surface area contributed by atoms with Crippen molar-refractivity contribution in [2.75, 3.05) is 11.6 Å². The minimum Gasteiger partial charge on any atom is -0.392 e. The van der Waals surface area contributed by atoms with Crippen LogP contribution in [0.4, 0.5) is 5.69 Å². The molecule has 0 fully saturated rings. The van der Waals surface area contributed by atoms with E-state index in [1.54, 1.807) is 21.6 Å². The third-order valence-electron chi connectivity index (χ3n) is 2.87. The highest BCUT2D eigenvalue weighted by Crippen LogP contribution is 2.37. The molecular formula is C15H23NO2S2. The van der Waals surface area contributed by atoms with E-state index in [4.69, 9.17) is 0 Å². The number of aliphatic hydroxyl groups is 1. The maximum atomic E-state index is 12.0. The number of hydrogen-bond donors (Lipinski definition) is 2. The van der Waals surface area contributed by atoms with Crippen LogP contribution in [-0.4, -0.2) is 22.0 Å². The van der Waals surface area contributed by atoms with Gasteiger partial charge < -0.3 is 10.4 Å². The van der Waals surface area contributed by atoms with Crippen molar-refractivity contribution in [2.24, 2.45) is 0 Å². The van der Waals surface area contributed by atoms with Crippen molar-refractivity contribution in [1.29, 1.82) is 0 Å². The van der Waals surface area contributed by atoms with Gasteiger partial charge in [0.1, 0.15) is 0 Å². The Kier molecular flexibility index (Phi) is 6.92. The van der Waals surface area contributed by atoms with Crippen LogP contribution in [0.5, 0.6) is 0 Å². The second kappa shape index (κ2) is 7.96. The Labute approximate surface area is 129 Å². The van der Waals surface area contributed by atoms with Gasteiger partial charge in [-0.05, 0) is 56.7 Å². The number of aryl methyl sites for hydroxylation is 1. The van der Waals surface area contributed by atoms with Crippen molar-refractivity contribution in [3.63, 3.8) is 0 Å². The molecule has 1 amide bonds. The standard InChI is InChI=1S/C15H23NO2S2/c1-11-7-12(10-17)9-13(8-11)16-14(18)5-6-15(2,3)20-19-4/h7-9,17H,5-6,10H2,1-4H3,(H,16,18). The number of amides is 1. The Morgan fingerprint density at radius 1 is 1.35 bits per heavy atom. The number of nitrogens with one attached hydrogen (secondary N) is 1. The molecule has 20 heavy (non-hydrogen) atoms. The van der Waals surface area contributed by atoms with Crippen molar-refractivity contribution < 1.29 is 9.90 Å². The van der Waals surface area contributed by atoms with Gasteiger partial charge in [0.2, 0.25) is 5.91 Å². The lowest BCUT2D eigenvalue weighted by atomic mass is 10.1. The number of carbonyl (C=O) groups is 1. The van der Waals surface area contributed by atoms with E-state index in [-0.39, 0.29) is 17.3 Å². The Balaban J connectivity index is 2.56. The van der Waals surface area contributed by atoms with E-state index in [9.17, 15) is 9.90 Å². The summed E-state index contributed by atoms with van der Waals surface area (Å²) in [4.78, 5) is 12.0. The molecule has 0 aliphatic rings. The smallest absolute Gasteiger partial charge is 0.224 e. The highest BCUT2D eigenvalue weighted by atomic mass is 33.1. The normalized spacial score (nSPS) is 11.4. The number of benzene rings is 1. The molecule has 0 unspecified atom stereocenters. The largest absolute Gasteiger partial charge is 0.392 e. The van der Waals surface area contributed by atoms with Gasteiger partial charge >= 0.3 is 0 Å². The zero-order valence-corrected chi connectivity index (χ0v) is 14.2. The second-order valence-electron chi connectivity index (χ2n) is 5.42. The molecule has 1 aromatic carbocycles. The summed E-state index contributed by atoms with van der Waals surface area (Å²) in [6.45, 7) is 6.24. The molecule has 0 heterocycles. The highest BCUT2D eigenvalue weighted by Gasteiger charge is 2.19. The molecule has 0 bridgehead atoms. The highest BCUT2D eigenvalue weighted by molar-refractivity contribution is 8.76. The van der Waals surface area contributed by atoms with Gasteiger partial charge in [-0.3, -0.25) is 4.79 Å². The summed E-state index contributed by atoms with van der Waals surface area (Å²) in [7, 11) is 3.52.